The first-order valence-corrected chi connectivity index (χ1v) is 8.22. The number of anilines is 2. The lowest BCUT2D eigenvalue weighted by atomic mass is 10.1. The van der Waals surface area contributed by atoms with Crippen molar-refractivity contribution >= 4 is 23.0 Å². The molecule has 7 nitrogen and oxygen atoms in total. The highest BCUT2D eigenvalue weighted by atomic mass is 19.4. The Hall–Kier alpha value is -2.52. The number of halogens is 3. The zero-order chi connectivity index (χ0) is 19.5. The second kappa shape index (κ2) is 7.79. The maximum Gasteiger partial charge on any atom is 0.405 e. The fourth-order valence-corrected chi connectivity index (χ4v) is 3.17. The Bertz CT molecular complexity index is 688. The van der Waals surface area contributed by atoms with Crippen LogP contribution in [0.3, 0.4) is 0 Å². The number of nitrogens with one attached hydrogen (secondary N) is 2. The number of nitrogens with zero attached hydrogens (tertiary/aromatic N) is 2. The van der Waals surface area contributed by atoms with Crippen molar-refractivity contribution in [2.45, 2.75) is 37.9 Å². The molecule has 0 unspecified atom stereocenters. The van der Waals surface area contributed by atoms with Crippen molar-refractivity contribution in [3.63, 3.8) is 0 Å². The number of alkyl halides is 3. The molecule has 0 radical (unpaired) electrons. The van der Waals surface area contributed by atoms with Crippen LogP contribution in [-0.2, 0) is 0 Å². The molecule has 0 aromatic heterocycles. The first-order valence-electron chi connectivity index (χ1n) is 8.22. The summed E-state index contributed by atoms with van der Waals surface area (Å²) in [6.45, 7) is -1.50. The summed E-state index contributed by atoms with van der Waals surface area (Å²) in [5.74, 6) is -0.993. The number of amides is 1. The summed E-state index contributed by atoms with van der Waals surface area (Å²) in [6.07, 6.45) is -0.727. The van der Waals surface area contributed by atoms with E-state index in [1.165, 1.54) is 13.1 Å². The van der Waals surface area contributed by atoms with Crippen molar-refractivity contribution in [1.82, 2.24) is 5.32 Å². The van der Waals surface area contributed by atoms with Crippen LogP contribution in [0.25, 0.3) is 0 Å². The van der Waals surface area contributed by atoms with Crippen LogP contribution in [0.15, 0.2) is 12.1 Å². The molecule has 1 amide bonds. The second-order valence-electron chi connectivity index (χ2n) is 6.24. The van der Waals surface area contributed by atoms with Gasteiger partial charge in [-0.25, -0.2) is 0 Å². The Morgan fingerprint density at radius 2 is 1.96 bits per heavy atom. The number of carbonyl (C=O) groups excluding carboxylic acids is 1. The number of benzene rings is 1. The van der Waals surface area contributed by atoms with Gasteiger partial charge in [-0.15, -0.1) is 0 Å². The van der Waals surface area contributed by atoms with Gasteiger partial charge < -0.3 is 15.5 Å². The molecule has 2 rings (SSSR count). The van der Waals surface area contributed by atoms with Crippen molar-refractivity contribution in [2.24, 2.45) is 0 Å². The largest absolute Gasteiger partial charge is 0.405 e. The van der Waals surface area contributed by atoms with E-state index in [0.717, 1.165) is 31.7 Å². The van der Waals surface area contributed by atoms with Crippen LogP contribution in [0.2, 0.25) is 0 Å². The molecular weight excluding hydrogens is 353 g/mol. The molecule has 1 aromatic carbocycles. The standard InChI is InChI=1S/C16H21F3N4O3/c1-20-12-8-13(22(2)10-5-3-4-6-10)11(7-14(12)23(25)26)15(24)21-9-16(17,18)19/h7-8,10,20H,3-6,9H2,1-2H3,(H,21,24). The first-order chi connectivity index (χ1) is 12.1. The van der Waals surface area contributed by atoms with Crippen LogP contribution in [0, 0.1) is 10.1 Å². The number of hydrogen-bond acceptors (Lipinski definition) is 5. The smallest absolute Gasteiger partial charge is 0.383 e. The Balaban J connectivity index is 2.45. The molecule has 26 heavy (non-hydrogen) atoms. The highest BCUT2D eigenvalue weighted by Crippen LogP contribution is 2.36. The van der Waals surface area contributed by atoms with E-state index in [0.29, 0.717) is 5.69 Å². The lowest BCUT2D eigenvalue weighted by molar-refractivity contribution is -0.383. The summed E-state index contributed by atoms with van der Waals surface area (Å²) in [7, 11) is 3.25. The third-order valence-corrected chi connectivity index (χ3v) is 4.53. The van der Waals surface area contributed by atoms with E-state index in [2.05, 4.69) is 5.32 Å². The molecule has 0 saturated heterocycles. The van der Waals surface area contributed by atoms with Crippen molar-refractivity contribution in [3.05, 3.63) is 27.8 Å². The Morgan fingerprint density at radius 3 is 2.46 bits per heavy atom. The van der Waals surface area contributed by atoms with Gasteiger partial charge in [-0.2, -0.15) is 13.2 Å². The fourth-order valence-electron chi connectivity index (χ4n) is 3.17. The number of nitro benzene ring substituents is 1. The molecule has 10 heteroatoms. The summed E-state index contributed by atoms with van der Waals surface area (Å²) < 4.78 is 37.3. The average Bonchev–Trinajstić information content (AvgIpc) is 3.11. The molecule has 0 aliphatic heterocycles. The number of rotatable bonds is 6. The van der Waals surface area contributed by atoms with Crippen molar-refractivity contribution in [1.29, 1.82) is 0 Å². The molecule has 1 saturated carbocycles. The van der Waals surface area contributed by atoms with Crippen molar-refractivity contribution in [2.75, 3.05) is 30.9 Å². The number of hydrogen-bond donors (Lipinski definition) is 2. The van der Waals surface area contributed by atoms with E-state index in [1.807, 2.05) is 4.90 Å². The van der Waals surface area contributed by atoms with Crippen LogP contribution < -0.4 is 15.5 Å². The number of carbonyl (C=O) groups is 1. The molecule has 0 spiro atoms. The Kier molecular flexibility index (Phi) is 5.94. The van der Waals surface area contributed by atoms with Gasteiger partial charge in [0.1, 0.15) is 12.2 Å². The van der Waals surface area contributed by atoms with Gasteiger partial charge in [-0.05, 0) is 18.9 Å². The Morgan fingerprint density at radius 1 is 1.35 bits per heavy atom. The van der Waals surface area contributed by atoms with Gasteiger partial charge >= 0.3 is 6.18 Å². The molecular formula is C16H21F3N4O3. The van der Waals surface area contributed by atoms with Crippen LogP contribution in [-0.4, -0.2) is 43.7 Å². The van der Waals surface area contributed by atoms with Crippen molar-refractivity contribution < 1.29 is 22.9 Å². The van der Waals surface area contributed by atoms with Gasteiger partial charge in [-0.3, -0.25) is 14.9 Å². The second-order valence-corrected chi connectivity index (χ2v) is 6.24. The van der Waals surface area contributed by atoms with Gasteiger partial charge in [0.15, 0.2) is 0 Å². The average molecular weight is 374 g/mol. The molecule has 1 aromatic rings. The summed E-state index contributed by atoms with van der Waals surface area (Å²) >= 11 is 0. The van der Waals surface area contributed by atoms with Gasteiger partial charge in [0, 0.05) is 26.2 Å². The summed E-state index contributed by atoms with van der Waals surface area (Å²) in [4.78, 5) is 24.7. The lowest BCUT2D eigenvalue weighted by Gasteiger charge is -2.29. The van der Waals surface area contributed by atoms with Gasteiger partial charge in [0.05, 0.1) is 16.2 Å². The lowest BCUT2D eigenvalue weighted by Crippen LogP contribution is -2.36. The third kappa shape index (κ3) is 4.55. The van der Waals surface area contributed by atoms with Crippen LogP contribution in [0.1, 0.15) is 36.0 Å². The molecule has 1 aliphatic carbocycles. The maximum absolute atomic E-state index is 12.4. The SMILES string of the molecule is CNc1cc(N(C)C2CCCC2)c(C(=O)NCC(F)(F)F)cc1[N+](=O)[O-]. The molecule has 144 valence electrons. The third-order valence-electron chi connectivity index (χ3n) is 4.53. The maximum atomic E-state index is 12.4. The minimum atomic E-state index is -4.57. The van der Waals surface area contributed by atoms with Gasteiger partial charge in [-0.1, -0.05) is 12.8 Å². The number of nitro groups is 1. The van der Waals surface area contributed by atoms with E-state index in [1.54, 1.807) is 12.4 Å². The van der Waals surface area contributed by atoms with Crippen LogP contribution in [0.5, 0.6) is 0 Å². The van der Waals surface area contributed by atoms with E-state index in [4.69, 9.17) is 0 Å². The molecule has 0 bridgehead atoms. The predicted molar refractivity (Wildman–Crippen MR) is 91.7 cm³/mol. The molecule has 0 heterocycles. The van der Waals surface area contributed by atoms with Crippen LogP contribution >= 0.6 is 0 Å². The Labute approximate surface area is 148 Å². The summed E-state index contributed by atoms with van der Waals surface area (Å²) in [5, 5.41) is 15.8. The van der Waals surface area contributed by atoms with E-state index < -0.39 is 23.6 Å². The summed E-state index contributed by atoms with van der Waals surface area (Å²) in [6, 6.07) is 2.60. The predicted octanol–water partition coefficient (Wildman–Crippen LogP) is 3.31. The zero-order valence-corrected chi connectivity index (χ0v) is 14.5. The van der Waals surface area contributed by atoms with Crippen molar-refractivity contribution in [3.8, 4) is 0 Å². The molecule has 1 aliphatic rings. The normalized spacial score (nSPS) is 15.0. The van der Waals surface area contributed by atoms with E-state index in [9.17, 15) is 28.1 Å². The molecule has 1 fully saturated rings. The van der Waals surface area contributed by atoms with Gasteiger partial charge in [0.2, 0.25) is 0 Å². The summed E-state index contributed by atoms with van der Waals surface area (Å²) in [5.41, 5.74) is 0.0522. The quantitative estimate of drug-likeness (QED) is 0.589. The van der Waals surface area contributed by atoms with E-state index >= 15 is 0 Å². The monoisotopic (exact) mass is 374 g/mol. The molecule has 0 atom stereocenters. The molecule has 2 N–H and O–H groups in total. The van der Waals surface area contributed by atoms with Gasteiger partial charge in [0.25, 0.3) is 11.6 Å². The first kappa shape index (κ1) is 19.8. The fraction of sp³-hybridized carbons (Fsp3) is 0.562. The topological polar surface area (TPSA) is 87.5 Å². The minimum Gasteiger partial charge on any atom is -0.383 e. The minimum absolute atomic E-state index is 0.135. The zero-order valence-electron chi connectivity index (χ0n) is 14.5. The van der Waals surface area contributed by atoms with Crippen LogP contribution in [0.4, 0.5) is 30.2 Å². The highest BCUT2D eigenvalue weighted by molar-refractivity contribution is 6.02. The van der Waals surface area contributed by atoms with E-state index in [-0.39, 0.29) is 23.0 Å². The highest BCUT2D eigenvalue weighted by Gasteiger charge is 2.31.